The number of hydrogen-bond acceptors (Lipinski definition) is 4. The maximum Gasteiger partial charge on any atom is 0.180 e. The molecule has 0 atom stereocenters. The zero-order valence-corrected chi connectivity index (χ0v) is 9.98. The highest BCUT2D eigenvalue weighted by Gasteiger charge is 2.17. The van der Waals surface area contributed by atoms with Crippen molar-refractivity contribution in [1.29, 1.82) is 0 Å². The average Bonchev–Trinajstić information content (AvgIpc) is 2.83. The SMILES string of the molecule is CCN1CCC(CNCc2cnco2)CC1. The van der Waals surface area contributed by atoms with Crippen molar-refractivity contribution < 1.29 is 4.42 Å². The van der Waals surface area contributed by atoms with E-state index < -0.39 is 0 Å². The molecular formula is C12H21N3O. The third-order valence-electron chi connectivity index (χ3n) is 3.37. The summed E-state index contributed by atoms with van der Waals surface area (Å²) in [6.45, 7) is 7.84. The van der Waals surface area contributed by atoms with Crippen molar-refractivity contribution in [3.8, 4) is 0 Å². The fraction of sp³-hybridized carbons (Fsp3) is 0.750. The van der Waals surface area contributed by atoms with E-state index in [4.69, 9.17) is 4.42 Å². The second-order valence-electron chi connectivity index (χ2n) is 4.48. The molecule has 1 N–H and O–H groups in total. The molecule has 0 bridgehead atoms. The molecule has 1 saturated heterocycles. The Kier molecular flexibility index (Phi) is 4.36. The zero-order chi connectivity index (χ0) is 11.2. The van der Waals surface area contributed by atoms with Gasteiger partial charge in [0, 0.05) is 0 Å². The number of nitrogens with one attached hydrogen (secondary N) is 1. The van der Waals surface area contributed by atoms with Crippen LogP contribution in [0, 0.1) is 5.92 Å². The molecule has 1 aliphatic rings. The number of rotatable bonds is 5. The normalized spacial score (nSPS) is 19.1. The molecule has 0 spiro atoms. The lowest BCUT2D eigenvalue weighted by Crippen LogP contribution is -2.36. The van der Waals surface area contributed by atoms with E-state index in [2.05, 4.69) is 22.1 Å². The maximum absolute atomic E-state index is 5.18. The number of aromatic nitrogens is 1. The highest BCUT2D eigenvalue weighted by atomic mass is 16.3. The molecule has 0 aliphatic carbocycles. The van der Waals surface area contributed by atoms with Gasteiger partial charge in [-0.05, 0) is 44.9 Å². The van der Waals surface area contributed by atoms with Gasteiger partial charge in [0.1, 0.15) is 5.76 Å². The quantitative estimate of drug-likeness (QED) is 0.821. The van der Waals surface area contributed by atoms with Crippen molar-refractivity contribution in [3.63, 3.8) is 0 Å². The molecule has 0 radical (unpaired) electrons. The lowest BCUT2D eigenvalue weighted by Gasteiger charge is -2.31. The summed E-state index contributed by atoms with van der Waals surface area (Å²) in [5.74, 6) is 1.75. The second-order valence-corrected chi connectivity index (χ2v) is 4.48. The highest BCUT2D eigenvalue weighted by molar-refractivity contribution is 4.87. The van der Waals surface area contributed by atoms with Crippen LogP contribution in [0.5, 0.6) is 0 Å². The van der Waals surface area contributed by atoms with Gasteiger partial charge < -0.3 is 14.6 Å². The van der Waals surface area contributed by atoms with Crippen LogP contribution in [-0.4, -0.2) is 36.1 Å². The Labute approximate surface area is 97.0 Å². The Morgan fingerprint density at radius 2 is 2.31 bits per heavy atom. The Hall–Kier alpha value is -0.870. The van der Waals surface area contributed by atoms with E-state index in [1.165, 1.54) is 38.9 Å². The Balaban J connectivity index is 1.60. The molecule has 0 unspecified atom stereocenters. The first kappa shape index (κ1) is 11.6. The van der Waals surface area contributed by atoms with Crippen LogP contribution in [-0.2, 0) is 6.54 Å². The molecule has 2 rings (SSSR count). The minimum absolute atomic E-state index is 0.800. The van der Waals surface area contributed by atoms with Gasteiger partial charge in [0.15, 0.2) is 6.39 Å². The van der Waals surface area contributed by atoms with Crippen LogP contribution in [0.4, 0.5) is 0 Å². The largest absolute Gasteiger partial charge is 0.447 e. The molecule has 0 saturated carbocycles. The average molecular weight is 223 g/mol. The molecule has 0 aromatic carbocycles. The van der Waals surface area contributed by atoms with Gasteiger partial charge in [-0.15, -0.1) is 0 Å². The third kappa shape index (κ3) is 3.32. The molecular weight excluding hydrogens is 202 g/mol. The minimum Gasteiger partial charge on any atom is -0.447 e. The monoisotopic (exact) mass is 223 g/mol. The van der Waals surface area contributed by atoms with Crippen LogP contribution in [0.25, 0.3) is 0 Å². The van der Waals surface area contributed by atoms with Gasteiger partial charge in [0.2, 0.25) is 0 Å². The zero-order valence-electron chi connectivity index (χ0n) is 9.98. The molecule has 1 aromatic heterocycles. The van der Waals surface area contributed by atoms with E-state index in [9.17, 15) is 0 Å². The van der Waals surface area contributed by atoms with Crippen molar-refractivity contribution in [2.45, 2.75) is 26.3 Å². The van der Waals surface area contributed by atoms with E-state index in [0.717, 1.165) is 24.8 Å². The van der Waals surface area contributed by atoms with Crippen LogP contribution in [0.3, 0.4) is 0 Å². The number of piperidine rings is 1. The molecule has 1 aliphatic heterocycles. The van der Waals surface area contributed by atoms with Crippen LogP contribution in [0.2, 0.25) is 0 Å². The van der Waals surface area contributed by atoms with E-state index >= 15 is 0 Å². The molecule has 4 nitrogen and oxygen atoms in total. The number of nitrogens with zero attached hydrogens (tertiary/aromatic N) is 2. The Morgan fingerprint density at radius 3 is 2.94 bits per heavy atom. The van der Waals surface area contributed by atoms with Gasteiger partial charge in [-0.2, -0.15) is 0 Å². The molecule has 1 fully saturated rings. The Bertz CT molecular complexity index is 278. The van der Waals surface area contributed by atoms with Crippen LogP contribution in [0.15, 0.2) is 17.0 Å². The van der Waals surface area contributed by atoms with Crippen molar-refractivity contribution in [3.05, 3.63) is 18.4 Å². The fourth-order valence-electron chi connectivity index (χ4n) is 2.24. The highest BCUT2D eigenvalue weighted by Crippen LogP contribution is 2.15. The summed E-state index contributed by atoms with van der Waals surface area (Å²) in [6, 6.07) is 0. The van der Waals surface area contributed by atoms with Crippen LogP contribution >= 0.6 is 0 Å². The van der Waals surface area contributed by atoms with Crippen molar-refractivity contribution >= 4 is 0 Å². The predicted octanol–water partition coefficient (Wildman–Crippen LogP) is 1.50. The topological polar surface area (TPSA) is 41.3 Å². The van der Waals surface area contributed by atoms with E-state index in [1.807, 2.05) is 0 Å². The van der Waals surface area contributed by atoms with E-state index in [-0.39, 0.29) is 0 Å². The number of hydrogen-bond donors (Lipinski definition) is 1. The first-order chi connectivity index (χ1) is 7.88. The minimum atomic E-state index is 0.800. The van der Waals surface area contributed by atoms with Crippen molar-refractivity contribution in [2.75, 3.05) is 26.2 Å². The summed E-state index contributed by atoms with van der Waals surface area (Å²) in [4.78, 5) is 6.42. The first-order valence-electron chi connectivity index (χ1n) is 6.19. The van der Waals surface area contributed by atoms with Gasteiger partial charge in [-0.1, -0.05) is 6.92 Å². The third-order valence-corrected chi connectivity index (χ3v) is 3.37. The summed E-state index contributed by atoms with van der Waals surface area (Å²) in [5, 5.41) is 3.44. The molecule has 90 valence electrons. The maximum atomic E-state index is 5.18. The van der Waals surface area contributed by atoms with Gasteiger partial charge in [0.05, 0.1) is 12.7 Å². The summed E-state index contributed by atoms with van der Waals surface area (Å²) >= 11 is 0. The fourth-order valence-corrected chi connectivity index (χ4v) is 2.24. The van der Waals surface area contributed by atoms with E-state index in [1.54, 1.807) is 6.20 Å². The summed E-state index contributed by atoms with van der Waals surface area (Å²) < 4.78 is 5.18. The molecule has 2 heterocycles. The molecule has 4 heteroatoms. The molecule has 0 amide bonds. The van der Waals surface area contributed by atoms with Crippen LogP contribution < -0.4 is 5.32 Å². The standard InChI is InChI=1S/C12H21N3O/c1-2-15-5-3-11(4-6-15)7-13-8-12-9-14-10-16-12/h9-11,13H,2-8H2,1H3. The second kappa shape index (κ2) is 6.01. The van der Waals surface area contributed by atoms with Gasteiger partial charge in [-0.25, -0.2) is 4.98 Å². The molecule has 16 heavy (non-hydrogen) atoms. The molecule has 1 aromatic rings. The predicted molar refractivity (Wildman–Crippen MR) is 63.0 cm³/mol. The summed E-state index contributed by atoms with van der Waals surface area (Å²) in [6.07, 6.45) is 5.89. The lowest BCUT2D eigenvalue weighted by atomic mass is 9.97. The summed E-state index contributed by atoms with van der Waals surface area (Å²) in [5.41, 5.74) is 0. The van der Waals surface area contributed by atoms with E-state index in [0.29, 0.717) is 0 Å². The smallest absolute Gasteiger partial charge is 0.180 e. The van der Waals surface area contributed by atoms with Gasteiger partial charge >= 0.3 is 0 Å². The van der Waals surface area contributed by atoms with Crippen LogP contribution in [0.1, 0.15) is 25.5 Å². The van der Waals surface area contributed by atoms with Crippen molar-refractivity contribution in [2.24, 2.45) is 5.92 Å². The lowest BCUT2D eigenvalue weighted by molar-refractivity contribution is 0.189. The Morgan fingerprint density at radius 1 is 1.50 bits per heavy atom. The van der Waals surface area contributed by atoms with Gasteiger partial charge in [0.25, 0.3) is 0 Å². The van der Waals surface area contributed by atoms with Crippen molar-refractivity contribution in [1.82, 2.24) is 15.2 Å². The first-order valence-corrected chi connectivity index (χ1v) is 6.19. The number of likely N-dealkylation sites (tertiary alicyclic amines) is 1. The van der Waals surface area contributed by atoms with Gasteiger partial charge in [-0.3, -0.25) is 0 Å². The summed E-state index contributed by atoms with van der Waals surface area (Å²) in [7, 11) is 0. The number of oxazole rings is 1.